The van der Waals surface area contributed by atoms with Gasteiger partial charge < -0.3 is 14.8 Å². The molecule has 4 heteroatoms. The molecule has 0 bridgehead atoms. The highest BCUT2D eigenvalue weighted by molar-refractivity contribution is 5.81. The van der Waals surface area contributed by atoms with E-state index in [4.69, 9.17) is 9.47 Å². The number of methoxy groups -OCH3 is 1. The Morgan fingerprint density at radius 3 is 2.09 bits per heavy atom. The minimum atomic E-state index is -0.517. The lowest BCUT2D eigenvalue weighted by atomic mass is 9.93. The average Bonchev–Trinajstić information content (AvgIpc) is 2.49. The number of nitrogens with one attached hydrogen (secondary N) is 1. The van der Waals surface area contributed by atoms with Crippen LogP contribution in [0.1, 0.15) is 41.0 Å². The highest BCUT2D eigenvalue weighted by Gasteiger charge is 2.25. The molecular formula is C18H29NO3. The molecule has 4 nitrogen and oxygen atoms in total. The summed E-state index contributed by atoms with van der Waals surface area (Å²) in [5, 5.41) is 3.12. The summed E-state index contributed by atoms with van der Waals surface area (Å²) in [6.07, 6.45) is 0.0866. The quantitative estimate of drug-likeness (QED) is 0.797. The van der Waals surface area contributed by atoms with Crippen LogP contribution < -0.4 is 14.8 Å². The summed E-state index contributed by atoms with van der Waals surface area (Å²) in [4.78, 5) is 12.5. The van der Waals surface area contributed by atoms with Crippen LogP contribution in [0.3, 0.4) is 0 Å². The van der Waals surface area contributed by atoms with Crippen LogP contribution in [0, 0.1) is 11.8 Å². The van der Waals surface area contributed by atoms with Crippen molar-refractivity contribution >= 4 is 5.91 Å². The number of amides is 1. The van der Waals surface area contributed by atoms with Gasteiger partial charge in [-0.2, -0.15) is 0 Å². The van der Waals surface area contributed by atoms with Gasteiger partial charge in [0.05, 0.1) is 7.11 Å². The highest BCUT2D eigenvalue weighted by Crippen LogP contribution is 2.27. The van der Waals surface area contributed by atoms with Gasteiger partial charge in [-0.25, -0.2) is 0 Å². The largest absolute Gasteiger partial charge is 0.493 e. The van der Waals surface area contributed by atoms with E-state index < -0.39 is 6.10 Å². The number of benzene rings is 1. The van der Waals surface area contributed by atoms with Gasteiger partial charge in [-0.3, -0.25) is 4.79 Å². The average molecular weight is 307 g/mol. The van der Waals surface area contributed by atoms with E-state index in [1.165, 1.54) is 0 Å². The predicted molar refractivity (Wildman–Crippen MR) is 89.3 cm³/mol. The Balaban J connectivity index is 2.80. The molecule has 0 fully saturated rings. The lowest BCUT2D eigenvalue weighted by molar-refractivity contribution is -0.129. The molecule has 124 valence electrons. The van der Waals surface area contributed by atoms with Gasteiger partial charge in [-0.1, -0.05) is 46.8 Å². The van der Waals surface area contributed by atoms with Crippen LogP contribution in [0.2, 0.25) is 0 Å². The maximum Gasteiger partial charge on any atom is 0.261 e. The molecule has 1 N–H and O–H groups in total. The second-order valence-electron chi connectivity index (χ2n) is 6.19. The van der Waals surface area contributed by atoms with Gasteiger partial charge in [-0.05, 0) is 30.4 Å². The Morgan fingerprint density at radius 2 is 1.64 bits per heavy atom. The van der Waals surface area contributed by atoms with Crippen LogP contribution in [0.15, 0.2) is 24.3 Å². The third kappa shape index (κ3) is 4.93. The lowest BCUT2D eigenvalue weighted by Gasteiger charge is -2.28. The van der Waals surface area contributed by atoms with Crippen LogP contribution in [0.5, 0.6) is 11.5 Å². The van der Waals surface area contributed by atoms with E-state index >= 15 is 0 Å². The third-order valence-electron chi connectivity index (χ3n) is 3.75. The summed E-state index contributed by atoms with van der Waals surface area (Å²) >= 11 is 0. The zero-order chi connectivity index (χ0) is 16.7. The summed E-state index contributed by atoms with van der Waals surface area (Å²) in [6, 6.07) is 7.53. The van der Waals surface area contributed by atoms with Crippen molar-refractivity contribution in [3.8, 4) is 11.5 Å². The molecule has 1 amide bonds. The van der Waals surface area contributed by atoms with Crippen LogP contribution in [-0.2, 0) is 4.79 Å². The van der Waals surface area contributed by atoms with Crippen molar-refractivity contribution in [3.63, 3.8) is 0 Å². The van der Waals surface area contributed by atoms with E-state index in [0.29, 0.717) is 29.8 Å². The minimum absolute atomic E-state index is 0.0687. The molecule has 0 radical (unpaired) electrons. The first-order valence-electron chi connectivity index (χ1n) is 8.00. The van der Waals surface area contributed by atoms with Crippen molar-refractivity contribution in [3.05, 3.63) is 24.3 Å². The monoisotopic (exact) mass is 307 g/mol. The number of hydrogen-bond donors (Lipinski definition) is 1. The van der Waals surface area contributed by atoms with E-state index in [1.54, 1.807) is 7.11 Å². The van der Waals surface area contributed by atoms with Crippen molar-refractivity contribution in [2.75, 3.05) is 7.11 Å². The zero-order valence-electron chi connectivity index (χ0n) is 14.6. The Labute approximate surface area is 134 Å². The normalized spacial score (nSPS) is 12.6. The third-order valence-corrected chi connectivity index (χ3v) is 3.75. The van der Waals surface area contributed by atoms with Gasteiger partial charge in [0.1, 0.15) is 0 Å². The first-order valence-corrected chi connectivity index (χ1v) is 8.00. The van der Waals surface area contributed by atoms with Gasteiger partial charge in [0.2, 0.25) is 0 Å². The molecule has 0 aliphatic carbocycles. The topological polar surface area (TPSA) is 47.6 Å². The molecule has 1 rings (SSSR count). The molecule has 1 aromatic carbocycles. The Morgan fingerprint density at radius 1 is 1.09 bits per heavy atom. The van der Waals surface area contributed by atoms with Gasteiger partial charge in [0.15, 0.2) is 17.6 Å². The minimum Gasteiger partial charge on any atom is -0.493 e. The van der Waals surface area contributed by atoms with Crippen LogP contribution in [0.25, 0.3) is 0 Å². The zero-order valence-corrected chi connectivity index (χ0v) is 14.6. The second kappa shape index (κ2) is 8.66. The van der Waals surface area contributed by atoms with E-state index in [0.717, 1.165) is 0 Å². The highest BCUT2D eigenvalue weighted by atomic mass is 16.5. The van der Waals surface area contributed by atoms with Crippen LogP contribution >= 0.6 is 0 Å². The number of ether oxygens (including phenoxy) is 2. The fourth-order valence-electron chi connectivity index (χ4n) is 2.55. The maximum atomic E-state index is 12.5. The van der Waals surface area contributed by atoms with Gasteiger partial charge in [0.25, 0.3) is 5.91 Å². The molecule has 0 aliphatic heterocycles. The van der Waals surface area contributed by atoms with E-state index in [1.807, 2.05) is 31.2 Å². The lowest BCUT2D eigenvalue weighted by Crippen LogP contribution is -2.48. The smallest absolute Gasteiger partial charge is 0.261 e. The number of carbonyl (C=O) groups excluding carboxylic acids is 1. The van der Waals surface area contributed by atoms with E-state index in [9.17, 15) is 4.79 Å². The fourth-order valence-corrected chi connectivity index (χ4v) is 2.55. The molecule has 0 saturated carbocycles. The summed E-state index contributed by atoms with van der Waals surface area (Å²) in [7, 11) is 1.59. The summed E-state index contributed by atoms with van der Waals surface area (Å²) in [6.45, 7) is 10.4. The molecular weight excluding hydrogens is 278 g/mol. The van der Waals surface area contributed by atoms with Crippen LogP contribution in [-0.4, -0.2) is 25.2 Å². The van der Waals surface area contributed by atoms with Crippen LogP contribution in [0.4, 0.5) is 0 Å². The van der Waals surface area contributed by atoms with Gasteiger partial charge >= 0.3 is 0 Å². The molecule has 0 aliphatic rings. The SMILES string of the molecule is CC[C@@H](Oc1ccccc1OC)C(=O)NC(C(C)C)C(C)C. The number of para-hydroxylation sites is 2. The first kappa shape index (κ1) is 18.3. The molecule has 0 saturated heterocycles. The maximum absolute atomic E-state index is 12.5. The Bertz CT molecular complexity index is 463. The van der Waals surface area contributed by atoms with Crippen molar-refractivity contribution < 1.29 is 14.3 Å². The van der Waals surface area contributed by atoms with Gasteiger partial charge in [-0.15, -0.1) is 0 Å². The Kier molecular flexibility index (Phi) is 7.22. The van der Waals surface area contributed by atoms with Crippen molar-refractivity contribution in [1.82, 2.24) is 5.32 Å². The second-order valence-corrected chi connectivity index (χ2v) is 6.19. The van der Waals surface area contributed by atoms with Crippen molar-refractivity contribution in [2.24, 2.45) is 11.8 Å². The molecule has 0 heterocycles. The summed E-state index contributed by atoms with van der Waals surface area (Å²) in [5.74, 6) is 1.93. The van der Waals surface area contributed by atoms with E-state index in [-0.39, 0.29) is 11.9 Å². The molecule has 22 heavy (non-hydrogen) atoms. The number of rotatable bonds is 8. The van der Waals surface area contributed by atoms with Crippen molar-refractivity contribution in [1.29, 1.82) is 0 Å². The summed E-state index contributed by atoms with van der Waals surface area (Å²) in [5.41, 5.74) is 0. The van der Waals surface area contributed by atoms with E-state index in [2.05, 4.69) is 33.0 Å². The number of carbonyl (C=O) groups is 1. The first-order chi connectivity index (χ1) is 10.4. The Hall–Kier alpha value is -1.71. The molecule has 1 aromatic rings. The standard InChI is InChI=1S/C18H29NO3/c1-7-14(18(20)19-17(12(2)3)13(4)5)22-16-11-9-8-10-15(16)21-6/h8-14,17H,7H2,1-6H3,(H,19,20)/t14-/m1/s1. The fraction of sp³-hybridized carbons (Fsp3) is 0.611. The molecule has 1 atom stereocenters. The van der Waals surface area contributed by atoms with Crippen molar-refractivity contribution in [2.45, 2.75) is 53.2 Å². The molecule has 0 unspecified atom stereocenters. The number of hydrogen-bond acceptors (Lipinski definition) is 3. The molecule has 0 aromatic heterocycles. The predicted octanol–water partition coefficient (Wildman–Crippen LogP) is 3.65. The summed E-state index contributed by atoms with van der Waals surface area (Å²) < 4.78 is 11.1. The molecule has 0 spiro atoms. The van der Waals surface area contributed by atoms with Gasteiger partial charge in [0, 0.05) is 6.04 Å².